The molecule has 1 aliphatic carbocycles. The van der Waals surface area contributed by atoms with Crippen LogP contribution >= 0.6 is 11.3 Å². The van der Waals surface area contributed by atoms with Gasteiger partial charge < -0.3 is 34.1 Å². The number of thiazole rings is 1. The van der Waals surface area contributed by atoms with Crippen molar-refractivity contribution in [3.05, 3.63) is 94.0 Å². The van der Waals surface area contributed by atoms with Crippen molar-refractivity contribution in [3.8, 4) is 22.5 Å². The quantitative estimate of drug-likeness (QED) is 0.105. The summed E-state index contributed by atoms with van der Waals surface area (Å²) in [6.07, 6.45) is 9.31. The molecule has 1 saturated carbocycles. The maximum absolute atomic E-state index is 15.4. The number of cyclic esters (lactones) is 1. The number of halogens is 1. The number of methoxy groups -OCH3 is 1. The molecule has 2 N–H and O–H groups in total. The van der Waals surface area contributed by atoms with Gasteiger partial charge in [-0.25, -0.2) is 19.6 Å². The van der Waals surface area contributed by atoms with Gasteiger partial charge in [0.25, 0.3) is 5.91 Å². The molecule has 5 aliphatic rings. The first kappa shape index (κ1) is 59.2. The number of rotatable bonds is 13. The lowest BCUT2D eigenvalue weighted by atomic mass is 9.84. The molecule has 11 rings (SSSR count). The molecule has 0 spiro atoms. The molecular weight excluding hydrogens is 1080 g/mol. The van der Waals surface area contributed by atoms with E-state index in [1.54, 1.807) is 25.3 Å². The minimum absolute atomic E-state index is 0.109. The molecule has 4 aromatic heterocycles. The fourth-order valence-corrected chi connectivity index (χ4v) is 14.6. The van der Waals surface area contributed by atoms with Crippen LogP contribution in [0.1, 0.15) is 114 Å². The number of esters is 1. The molecule has 6 bridgehead atoms. The van der Waals surface area contributed by atoms with Crippen LogP contribution in [0.3, 0.4) is 0 Å². The summed E-state index contributed by atoms with van der Waals surface area (Å²) in [4.78, 5) is 85.1. The average Bonchev–Trinajstić information content (AvgIpc) is 1.85. The topological polar surface area (TPSA) is 174 Å². The van der Waals surface area contributed by atoms with Gasteiger partial charge in [-0.05, 0) is 127 Å². The van der Waals surface area contributed by atoms with Crippen molar-refractivity contribution in [2.24, 2.45) is 11.3 Å². The minimum Gasteiger partial charge on any atom is -0.464 e. The van der Waals surface area contributed by atoms with Gasteiger partial charge in [-0.2, -0.15) is 0 Å². The highest BCUT2D eigenvalue weighted by Crippen LogP contribution is 2.44. The Hall–Kier alpha value is -6.58. The molecule has 2 aromatic carbocycles. The molecule has 6 aromatic rings. The lowest BCUT2D eigenvalue weighted by Crippen LogP contribution is -2.64. The number of aromatic nitrogens is 4. The molecule has 6 atom stereocenters. The fraction of sp³-hybridized carbons (Fsp3) is 0.547. The van der Waals surface area contributed by atoms with Crippen LogP contribution in [0.25, 0.3) is 44.3 Å². The number of likely N-dealkylation sites (N-methyl/N-ethyl adjacent to an activating group) is 2. The number of hydrogen-bond donors (Lipinski definition) is 2. The number of aryl methyl sites for hydroxylation is 1. The van der Waals surface area contributed by atoms with E-state index >= 15 is 9.59 Å². The second-order valence-corrected chi connectivity index (χ2v) is 26.1. The summed E-state index contributed by atoms with van der Waals surface area (Å²) in [6, 6.07) is 11.8. The number of carbonyl (C=O) groups is 4. The van der Waals surface area contributed by atoms with Crippen molar-refractivity contribution in [1.29, 1.82) is 0 Å². The summed E-state index contributed by atoms with van der Waals surface area (Å²) in [5.74, 6) is -2.19. The molecule has 448 valence electrons. The Balaban J connectivity index is 0.956. The summed E-state index contributed by atoms with van der Waals surface area (Å²) in [6.45, 7) is 17.7. The first-order valence-corrected chi connectivity index (χ1v) is 31.1. The second-order valence-electron chi connectivity index (χ2n) is 25.2. The van der Waals surface area contributed by atoms with Gasteiger partial charge in [0.05, 0.1) is 53.2 Å². The SMILES string of the molecule is CCn1c(-c2cc(N3CCN(C4CC4)CC3)cnc2[C@H](C)OC)c2c3cc(ccc31)-c1csc(n1)[C@@H](N(C)C)[C@H](NC(=O)[C@H](C(C)C)N(C)C(=O)N1CCC[C@H]1Cc1cc(F)cc3ncccc13)C(=O)N1CCC[C@H](N1)C(=O)OCC(C)(C)C2. The van der Waals surface area contributed by atoms with E-state index in [-0.39, 0.29) is 43.1 Å². The van der Waals surface area contributed by atoms with Crippen molar-refractivity contribution < 1.29 is 33.0 Å². The molecule has 3 saturated heterocycles. The standard InChI is InChI=1S/C64H83FN12O6S/c1-11-75-53-21-18-40-31-47(53)49(57(75)48-33-45(35-67-54(48)39(4)82-10)74-27-25-73(26-28-74)43-19-20-43)34-64(5,6)37-83-62(80)50-17-14-24-77(70-50)61(79)55(58(71(7)8)60-68-52(40)36-84-60)69-59(78)56(38(2)3)72(9)63(81)76-23-13-15-44(76)30-41-29-42(65)32-51-46(41)16-12-22-66-51/h12,16,18,21-22,29,31-33,35-36,38-39,43-44,50,55-56,58,70H,11,13-15,17,19-20,23-28,30,34,37H2,1-10H3,(H,69,78)/t39-,44-,50-,55-,56-,58-/m0/s1. The lowest BCUT2D eigenvalue weighted by Gasteiger charge is -2.40. The van der Waals surface area contributed by atoms with Gasteiger partial charge in [0.1, 0.15) is 29.0 Å². The monoisotopic (exact) mass is 1170 g/mol. The van der Waals surface area contributed by atoms with Gasteiger partial charge in [0.15, 0.2) is 0 Å². The molecular formula is C64H83FN12O6S. The summed E-state index contributed by atoms with van der Waals surface area (Å²) in [7, 11) is 7.09. The van der Waals surface area contributed by atoms with E-state index in [9.17, 15) is 14.0 Å². The molecule has 4 fully saturated rings. The van der Waals surface area contributed by atoms with Crippen LogP contribution in [0.4, 0.5) is 14.9 Å². The van der Waals surface area contributed by atoms with E-state index < -0.39 is 47.4 Å². The Labute approximate surface area is 497 Å². The summed E-state index contributed by atoms with van der Waals surface area (Å²) in [5.41, 5.74) is 11.8. The Morgan fingerprint density at radius 2 is 1.73 bits per heavy atom. The maximum atomic E-state index is 15.4. The number of hydrogen-bond acceptors (Lipinski definition) is 14. The summed E-state index contributed by atoms with van der Waals surface area (Å²) < 4.78 is 29.7. The number of anilines is 1. The van der Waals surface area contributed by atoms with Crippen molar-refractivity contribution in [3.63, 3.8) is 0 Å². The van der Waals surface area contributed by atoms with Crippen LogP contribution in [0, 0.1) is 17.2 Å². The predicted molar refractivity (Wildman–Crippen MR) is 326 cm³/mol. The van der Waals surface area contributed by atoms with Crippen molar-refractivity contribution in [2.45, 2.75) is 142 Å². The van der Waals surface area contributed by atoms with E-state index in [1.807, 2.05) is 63.5 Å². The van der Waals surface area contributed by atoms with Crippen molar-refractivity contribution in [1.82, 2.24) is 54.9 Å². The Morgan fingerprint density at radius 3 is 2.45 bits per heavy atom. The van der Waals surface area contributed by atoms with E-state index in [0.717, 1.165) is 100.0 Å². The van der Waals surface area contributed by atoms with Gasteiger partial charge >= 0.3 is 12.0 Å². The minimum atomic E-state index is -1.23. The number of ether oxygens (including phenoxy) is 2. The molecule has 84 heavy (non-hydrogen) atoms. The highest BCUT2D eigenvalue weighted by Gasteiger charge is 2.44. The molecule has 18 nitrogen and oxygen atoms in total. The third-order valence-electron chi connectivity index (χ3n) is 18.1. The van der Waals surface area contributed by atoms with E-state index in [4.69, 9.17) is 19.4 Å². The third-order valence-corrected chi connectivity index (χ3v) is 19.0. The number of fused-ring (bicyclic) bond motifs is 7. The van der Waals surface area contributed by atoms with Crippen LogP contribution < -0.4 is 15.6 Å². The molecule has 0 unspecified atom stereocenters. The number of benzene rings is 2. The highest BCUT2D eigenvalue weighted by molar-refractivity contribution is 7.10. The second kappa shape index (κ2) is 24.4. The van der Waals surface area contributed by atoms with E-state index in [0.29, 0.717) is 55.7 Å². The zero-order valence-corrected chi connectivity index (χ0v) is 51.3. The zero-order valence-electron chi connectivity index (χ0n) is 50.5. The van der Waals surface area contributed by atoms with Crippen LogP contribution in [-0.2, 0) is 43.2 Å². The summed E-state index contributed by atoms with van der Waals surface area (Å²) in [5, 5.41) is 9.13. The Morgan fingerprint density at radius 1 is 0.952 bits per heavy atom. The number of likely N-dealkylation sites (tertiary alicyclic amines) is 1. The van der Waals surface area contributed by atoms with Crippen LogP contribution in [0.5, 0.6) is 0 Å². The number of hydrazine groups is 1. The zero-order chi connectivity index (χ0) is 59.3. The fourth-order valence-electron chi connectivity index (χ4n) is 13.5. The van der Waals surface area contributed by atoms with Crippen molar-refractivity contribution in [2.75, 3.05) is 79.0 Å². The Bertz CT molecular complexity index is 3430. The predicted octanol–water partition coefficient (Wildman–Crippen LogP) is 9.02. The Kier molecular flexibility index (Phi) is 17.2. The van der Waals surface area contributed by atoms with E-state index in [1.165, 1.54) is 46.2 Å². The van der Waals surface area contributed by atoms with Crippen LogP contribution in [0.15, 0.2) is 66.3 Å². The molecule has 8 heterocycles. The number of nitrogens with zero attached hydrogens (tertiary/aromatic N) is 10. The van der Waals surface area contributed by atoms with Gasteiger partial charge in [0, 0.05) is 123 Å². The van der Waals surface area contributed by atoms with E-state index in [2.05, 4.69) is 75.1 Å². The number of carbonyl (C=O) groups excluding carboxylic acids is 4. The summed E-state index contributed by atoms with van der Waals surface area (Å²) >= 11 is 1.41. The number of pyridine rings is 2. The smallest absolute Gasteiger partial charge is 0.324 e. The average molecular weight is 1170 g/mol. The normalized spacial score (nSPS) is 22.4. The van der Waals surface area contributed by atoms with Crippen LogP contribution in [0.2, 0.25) is 0 Å². The molecule has 4 amide bonds. The van der Waals surface area contributed by atoms with Gasteiger partial charge in [-0.1, -0.05) is 39.8 Å². The largest absolute Gasteiger partial charge is 0.464 e. The molecule has 0 radical (unpaired) electrons. The van der Waals surface area contributed by atoms with Crippen molar-refractivity contribution >= 4 is 62.6 Å². The van der Waals surface area contributed by atoms with Gasteiger partial charge in [-0.15, -0.1) is 11.3 Å². The molecule has 20 heteroatoms. The van der Waals surface area contributed by atoms with Crippen LogP contribution in [-0.4, -0.2) is 172 Å². The number of amides is 4. The first-order valence-electron chi connectivity index (χ1n) is 30.2. The molecule has 4 aliphatic heterocycles. The first-order chi connectivity index (χ1) is 40.3. The third kappa shape index (κ3) is 11.9. The number of nitrogens with one attached hydrogen (secondary N) is 2. The van der Waals surface area contributed by atoms with Gasteiger partial charge in [-0.3, -0.25) is 39.2 Å². The lowest BCUT2D eigenvalue weighted by molar-refractivity contribution is -0.156. The highest BCUT2D eigenvalue weighted by atomic mass is 32.1. The number of piperazine rings is 1. The number of urea groups is 1. The maximum Gasteiger partial charge on any atom is 0.324 e. The van der Waals surface area contributed by atoms with Gasteiger partial charge in [0.2, 0.25) is 5.91 Å².